The van der Waals surface area contributed by atoms with Crippen molar-refractivity contribution in [3.05, 3.63) is 84.0 Å². The summed E-state index contributed by atoms with van der Waals surface area (Å²) in [7, 11) is 0. The number of nitrogens with zero attached hydrogens (tertiary/aromatic N) is 6. The first-order valence-electron chi connectivity index (χ1n) is 13.3. The van der Waals surface area contributed by atoms with Crippen molar-refractivity contribution in [3.63, 3.8) is 0 Å². The van der Waals surface area contributed by atoms with Gasteiger partial charge in [0.15, 0.2) is 5.15 Å². The minimum atomic E-state index is -0.830. The summed E-state index contributed by atoms with van der Waals surface area (Å²) < 4.78 is 2.09. The highest BCUT2D eigenvalue weighted by molar-refractivity contribution is 6.33. The number of amides is 1. The van der Waals surface area contributed by atoms with E-state index in [0.29, 0.717) is 30.2 Å². The van der Waals surface area contributed by atoms with E-state index >= 15 is 0 Å². The van der Waals surface area contributed by atoms with E-state index in [1.54, 1.807) is 6.20 Å². The Labute approximate surface area is 230 Å². The lowest BCUT2D eigenvalue weighted by molar-refractivity contribution is 0.0495. The highest BCUT2D eigenvalue weighted by Crippen LogP contribution is 2.42. The smallest absolute Gasteiger partial charge is 0.407 e. The summed E-state index contributed by atoms with van der Waals surface area (Å²) >= 11 is 6.66. The molecule has 8 nitrogen and oxygen atoms in total. The highest BCUT2D eigenvalue weighted by Gasteiger charge is 2.39. The van der Waals surface area contributed by atoms with Gasteiger partial charge in [0.2, 0.25) is 0 Å². The number of benzene rings is 2. The van der Waals surface area contributed by atoms with Gasteiger partial charge in [-0.05, 0) is 25.0 Å². The van der Waals surface area contributed by atoms with Crippen LogP contribution in [0.3, 0.4) is 0 Å². The van der Waals surface area contributed by atoms with Crippen LogP contribution in [0.1, 0.15) is 24.6 Å². The molecule has 39 heavy (non-hydrogen) atoms. The first-order valence-corrected chi connectivity index (χ1v) is 13.6. The van der Waals surface area contributed by atoms with Gasteiger partial charge in [0.05, 0.1) is 16.9 Å². The quantitative estimate of drug-likeness (QED) is 0.311. The molecule has 0 unspecified atom stereocenters. The maximum atomic E-state index is 11.3. The zero-order valence-electron chi connectivity index (χ0n) is 21.2. The minimum Gasteiger partial charge on any atom is -0.465 e. The standard InChI is InChI=1S/C30H27ClN6O2/c31-28-27-26(21-7-6-20-8-9-24(33-25(20)18-21)19-4-2-1-3-5-19)34-29(37(27)11-10-32-28)22-16-23(17-22)35-12-14-36(15-13-35)30(38)39/h1-11,18,22-23H,12-17H2,(H,38,39). The minimum absolute atomic E-state index is 0.301. The SMILES string of the molecule is O=C(O)N1CCN(C2CC(c3nc(-c4ccc5ccc(-c6ccccc6)nc5c4)c4c(Cl)nccn34)C2)CC1. The van der Waals surface area contributed by atoms with E-state index < -0.39 is 6.09 Å². The summed E-state index contributed by atoms with van der Waals surface area (Å²) in [5.41, 5.74) is 5.50. The summed E-state index contributed by atoms with van der Waals surface area (Å²) in [6.07, 6.45) is 4.82. The third-order valence-corrected chi connectivity index (χ3v) is 8.43. The third-order valence-electron chi connectivity index (χ3n) is 8.15. The van der Waals surface area contributed by atoms with E-state index in [0.717, 1.165) is 70.7 Å². The molecule has 0 radical (unpaired) electrons. The molecule has 0 bridgehead atoms. The Bertz CT molecular complexity index is 1690. The number of hydrogen-bond donors (Lipinski definition) is 1. The van der Waals surface area contributed by atoms with Crippen molar-refractivity contribution in [2.45, 2.75) is 24.8 Å². The van der Waals surface area contributed by atoms with Gasteiger partial charge in [-0.25, -0.2) is 19.7 Å². The van der Waals surface area contributed by atoms with Crippen molar-refractivity contribution in [2.75, 3.05) is 26.2 Å². The fourth-order valence-corrected chi connectivity index (χ4v) is 6.16. The molecule has 0 spiro atoms. The Kier molecular flexibility index (Phi) is 5.94. The number of fused-ring (bicyclic) bond motifs is 2. The van der Waals surface area contributed by atoms with Crippen LogP contribution in [0.25, 0.3) is 38.9 Å². The molecule has 4 heterocycles. The summed E-state index contributed by atoms with van der Waals surface area (Å²) in [5, 5.41) is 10.7. The van der Waals surface area contributed by atoms with Crippen LogP contribution in [-0.4, -0.2) is 72.6 Å². The van der Waals surface area contributed by atoms with Crippen molar-refractivity contribution >= 4 is 34.1 Å². The van der Waals surface area contributed by atoms with Crippen LogP contribution in [0, 0.1) is 0 Å². The molecule has 1 saturated heterocycles. The van der Waals surface area contributed by atoms with Crippen LogP contribution in [0.2, 0.25) is 5.15 Å². The second-order valence-electron chi connectivity index (χ2n) is 10.4. The number of rotatable bonds is 4. The number of pyridine rings is 1. The fourth-order valence-electron chi connectivity index (χ4n) is 5.92. The van der Waals surface area contributed by atoms with Gasteiger partial charge in [-0.3, -0.25) is 9.30 Å². The van der Waals surface area contributed by atoms with Gasteiger partial charge in [0, 0.05) is 67.0 Å². The first kappa shape index (κ1) is 24.1. The molecule has 1 saturated carbocycles. The molecule has 2 aromatic carbocycles. The first-order chi connectivity index (χ1) is 19.0. The summed E-state index contributed by atoms with van der Waals surface area (Å²) in [6, 6.07) is 21.0. The zero-order chi connectivity index (χ0) is 26.5. The van der Waals surface area contributed by atoms with Crippen LogP contribution < -0.4 is 0 Å². The molecule has 2 aliphatic rings. The second kappa shape index (κ2) is 9.63. The predicted molar refractivity (Wildman–Crippen MR) is 151 cm³/mol. The molecule has 9 heteroatoms. The fraction of sp³-hybridized carbons (Fsp3) is 0.267. The lowest BCUT2D eigenvalue weighted by Gasteiger charge is -2.45. The van der Waals surface area contributed by atoms with Crippen LogP contribution in [-0.2, 0) is 0 Å². The van der Waals surface area contributed by atoms with E-state index in [1.165, 1.54) is 4.90 Å². The van der Waals surface area contributed by atoms with Crippen LogP contribution in [0.4, 0.5) is 4.79 Å². The van der Waals surface area contributed by atoms with Crippen molar-refractivity contribution in [1.29, 1.82) is 0 Å². The number of carbonyl (C=O) groups is 1. The van der Waals surface area contributed by atoms with Crippen molar-refractivity contribution < 1.29 is 9.90 Å². The van der Waals surface area contributed by atoms with E-state index in [2.05, 4.69) is 56.7 Å². The maximum absolute atomic E-state index is 11.3. The summed E-state index contributed by atoms with van der Waals surface area (Å²) in [4.78, 5) is 29.6. The number of aromatic nitrogens is 4. The summed E-state index contributed by atoms with van der Waals surface area (Å²) in [5.74, 6) is 1.30. The van der Waals surface area contributed by atoms with Gasteiger partial charge in [-0.2, -0.15) is 0 Å². The monoisotopic (exact) mass is 538 g/mol. The van der Waals surface area contributed by atoms with Crippen molar-refractivity contribution in [2.24, 2.45) is 0 Å². The second-order valence-corrected chi connectivity index (χ2v) is 10.7. The number of carboxylic acid groups (broad SMARTS) is 1. The van der Waals surface area contributed by atoms with Crippen LogP contribution >= 0.6 is 11.6 Å². The molecule has 2 fully saturated rings. The van der Waals surface area contributed by atoms with E-state index in [4.69, 9.17) is 21.6 Å². The van der Waals surface area contributed by atoms with Crippen LogP contribution in [0.15, 0.2) is 73.1 Å². The van der Waals surface area contributed by atoms with Gasteiger partial charge in [-0.15, -0.1) is 0 Å². The number of halogens is 1. The Hall–Kier alpha value is -4.01. The molecule has 1 amide bonds. The number of hydrogen-bond acceptors (Lipinski definition) is 5. The molecule has 3 aromatic heterocycles. The average Bonchev–Trinajstić information content (AvgIpc) is 3.33. The summed E-state index contributed by atoms with van der Waals surface area (Å²) in [6.45, 7) is 2.69. The highest BCUT2D eigenvalue weighted by atomic mass is 35.5. The third kappa shape index (κ3) is 4.30. The molecule has 5 aromatic rings. The molecule has 1 aliphatic heterocycles. The number of imidazole rings is 1. The van der Waals surface area contributed by atoms with E-state index in [1.807, 2.05) is 24.4 Å². The van der Waals surface area contributed by atoms with Crippen molar-refractivity contribution in [3.8, 4) is 22.5 Å². The molecule has 7 rings (SSSR count). The molecular formula is C30H27ClN6O2. The zero-order valence-corrected chi connectivity index (χ0v) is 22.0. The lowest BCUT2D eigenvalue weighted by atomic mass is 9.78. The van der Waals surface area contributed by atoms with Crippen molar-refractivity contribution in [1.82, 2.24) is 29.2 Å². The largest absolute Gasteiger partial charge is 0.465 e. The molecular weight excluding hydrogens is 512 g/mol. The Morgan fingerprint density at radius 1 is 0.923 bits per heavy atom. The van der Waals surface area contributed by atoms with E-state index in [9.17, 15) is 9.90 Å². The molecule has 1 N–H and O–H groups in total. The van der Waals surface area contributed by atoms with Gasteiger partial charge in [0.1, 0.15) is 11.3 Å². The Morgan fingerprint density at radius 2 is 1.69 bits per heavy atom. The average molecular weight is 539 g/mol. The van der Waals surface area contributed by atoms with Gasteiger partial charge < -0.3 is 10.0 Å². The maximum Gasteiger partial charge on any atom is 0.407 e. The Balaban J connectivity index is 1.20. The number of piperazine rings is 1. The van der Waals surface area contributed by atoms with Gasteiger partial charge in [0.25, 0.3) is 0 Å². The predicted octanol–water partition coefficient (Wildman–Crippen LogP) is 5.81. The van der Waals surface area contributed by atoms with E-state index in [-0.39, 0.29) is 0 Å². The molecule has 196 valence electrons. The van der Waals surface area contributed by atoms with Gasteiger partial charge >= 0.3 is 6.09 Å². The normalized spacial score (nSPS) is 19.9. The Morgan fingerprint density at radius 3 is 2.46 bits per heavy atom. The molecule has 1 aliphatic carbocycles. The van der Waals surface area contributed by atoms with Gasteiger partial charge in [-0.1, -0.05) is 60.1 Å². The van der Waals surface area contributed by atoms with Crippen LogP contribution in [0.5, 0.6) is 0 Å². The lowest BCUT2D eigenvalue weighted by Crippen LogP contribution is -2.54. The molecule has 0 atom stereocenters. The topological polar surface area (TPSA) is 86.9 Å².